The molecule has 1 rings (SSSR count). The van der Waals surface area contributed by atoms with E-state index in [9.17, 15) is 18.0 Å². The molecule has 0 saturated heterocycles. The number of carbonyl (C=O) groups excluding carboxylic acids is 1. The van der Waals surface area contributed by atoms with Crippen LogP contribution in [0, 0.1) is 17.8 Å². The molecule has 4 atom stereocenters. The molecule has 1 aliphatic carbocycles. The van der Waals surface area contributed by atoms with Gasteiger partial charge >= 0.3 is 12.1 Å². The summed E-state index contributed by atoms with van der Waals surface area (Å²) in [7, 11) is 0. The molecule has 4 unspecified atom stereocenters. The van der Waals surface area contributed by atoms with Crippen molar-refractivity contribution in [2.45, 2.75) is 84.6 Å². The van der Waals surface area contributed by atoms with E-state index in [0.717, 1.165) is 25.7 Å². The number of ether oxygens (including phenoxy) is 2. The first-order valence-corrected chi connectivity index (χ1v) is 9.08. The van der Waals surface area contributed by atoms with E-state index in [4.69, 9.17) is 9.47 Å². The quantitative estimate of drug-likeness (QED) is 0.426. The van der Waals surface area contributed by atoms with E-state index < -0.39 is 18.2 Å². The molecule has 0 spiro atoms. The molecule has 0 bridgehead atoms. The number of carbonyl (C=O) groups is 1. The molecule has 0 radical (unpaired) electrons. The largest absolute Gasteiger partial charge is 0.490 e. The number of alkyl halides is 3. The van der Waals surface area contributed by atoms with Crippen LogP contribution in [-0.2, 0) is 14.3 Å². The zero-order valence-electron chi connectivity index (χ0n) is 15.2. The zero-order chi connectivity index (χ0) is 18.3. The highest BCUT2D eigenvalue weighted by Gasteiger charge is 2.45. The number of halogens is 3. The van der Waals surface area contributed by atoms with Gasteiger partial charge in [-0.3, -0.25) is 0 Å². The van der Waals surface area contributed by atoms with Crippen LogP contribution >= 0.6 is 0 Å². The van der Waals surface area contributed by atoms with Gasteiger partial charge in [-0.2, -0.15) is 13.2 Å². The number of rotatable bonds is 9. The molecule has 0 aromatic rings. The van der Waals surface area contributed by atoms with Gasteiger partial charge in [-0.1, -0.05) is 26.7 Å². The lowest BCUT2D eigenvalue weighted by molar-refractivity contribution is -0.208. The maximum absolute atomic E-state index is 12.6. The highest BCUT2D eigenvalue weighted by atomic mass is 19.4. The highest BCUT2D eigenvalue weighted by molar-refractivity contribution is 5.75. The Morgan fingerprint density at radius 3 is 2.33 bits per heavy atom. The van der Waals surface area contributed by atoms with Gasteiger partial charge < -0.3 is 9.47 Å². The van der Waals surface area contributed by atoms with E-state index >= 15 is 0 Å². The van der Waals surface area contributed by atoms with Crippen molar-refractivity contribution in [1.82, 2.24) is 0 Å². The lowest BCUT2D eigenvalue weighted by atomic mass is 9.86. The van der Waals surface area contributed by atoms with Gasteiger partial charge in [-0.25, -0.2) is 4.79 Å². The van der Waals surface area contributed by atoms with Gasteiger partial charge in [0.05, 0.1) is 6.10 Å². The molecule has 1 fully saturated rings. The van der Waals surface area contributed by atoms with Crippen LogP contribution in [-0.4, -0.2) is 31.0 Å². The van der Waals surface area contributed by atoms with Crippen LogP contribution in [0.25, 0.3) is 0 Å². The molecule has 1 aliphatic rings. The van der Waals surface area contributed by atoms with Gasteiger partial charge in [-0.15, -0.1) is 0 Å². The summed E-state index contributed by atoms with van der Waals surface area (Å²) < 4.78 is 48.2. The molecule has 0 aromatic carbocycles. The van der Waals surface area contributed by atoms with Crippen molar-refractivity contribution >= 4 is 5.97 Å². The molecular weight excluding hydrogens is 321 g/mol. The Morgan fingerprint density at radius 1 is 1.17 bits per heavy atom. The van der Waals surface area contributed by atoms with E-state index in [0.29, 0.717) is 31.3 Å². The van der Waals surface area contributed by atoms with Gasteiger partial charge in [0.1, 0.15) is 6.10 Å². The summed E-state index contributed by atoms with van der Waals surface area (Å²) in [4.78, 5) is 11.3. The van der Waals surface area contributed by atoms with E-state index in [-0.39, 0.29) is 12.0 Å². The monoisotopic (exact) mass is 352 g/mol. The average molecular weight is 352 g/mol. The summed E-state index contributed by atoms with van der Waals surface area (Å²) in [6, 6.07) is 0. The maximum atomic E-state index is 12.6. The molecule has 0 heterocycles. The van der Waals surface area contributed by atoms with E-state index in [2.05, 4.69) is 13.8 Å². The van der Waals surface area contributed by atoms with E-state index in [1.165, 1.54) is 0 Å². The van der Waals surface area contributed by atoms with Crippen molar-refractivity contribution < 1.29 is 27.4 Å². The second kappa shape index (κ2) is 9.64. The number of hydrogen-bond acceptors (Lipinski definition) is 3. The Kier molecular flexibility index (Phi) is 8.54. The Hall–Kier alpha value is -0.780. The first-order valence-electron chi connectivity index (χ1n) is 9.08. The smallest absolute Gasteiger partial charge is 0.455 e. The minimum absolute atomic E-state index is 0.0188. The standard InChI is InChI=1S/C18H31F3O3/c1-5-13-10-14(6-2)15(11-13)16(8-7-9-23-12(3)4)24-17(22)18(19,20)21/h12-16H,5-11H2,1-4H3. The molecule has 0 aliphatic heterocycles. The zero-order valence-corrected chi connectivity index (χ0v) is 15.2. The third kappa shape index (κ3) is 6.61. The van der Waals surface area contributed by atoms with E-state index in [1.807, 2.05) is 13.8 Å². The number of esters is 1. The lowest BCUT2D eigenvalue weighted by Crippen LogP contribution is -2.35. The molecule has 6 heteroatoms. The van der Waals surface area contributed by atoms with Gasteiger partial charge in [-0.05, 0) is 57.3 Å². The van der Waals surface area contributed by atoms with Crippen LogP contribution in [0.2, 0.25) is 0 Å². The fraction of sp³-hybridized carbons (Fsp3) is 0.944. The van der Waals surface area contributed by atoms with Crippen molar-refractivity contribution in [2.24, 2.45) is 17.8 Å². The maximum Gasteiger partial charge on any atom is 0.490 e. The molecular formula is C18H31F3O3. The van der Waals surface area contributed by atoms with Crippen LogP contribution in [0.1, 0.15) is 66.2 Å². The molecule has 0 aromatic heterocycles. The highest BCUT2D eigenvalue weighted by Crippen LogP contribution is 2.43. The topological polar surface area (TPSA) is 35.5 Å². The third-order valence-electron chi connectivity index (χ3n) is 5.00. The van der Waals surface area contributed by atoms with E-state index in [1.54, 1.807) is 0 Å². The minimum atomic E-state index is -4.93. The Labute approximate surface area is 143 Å². The SMILES string of the molecule is CCC1CC(CC)C(C(CCCOC(C)C)OC(=O)C(F)(F)F)C1. The molecule has 1 saturated carbocycles. The van der Waals surface area contributed by atoms with Crippen LogP contribution in [0.15, 0.2) is 0 Å². The lowest BCUT2D eigenvalue weighted by Gasteiger charge is -2.28. The summed E-state index contributed by atoms with van der Waals surface area (Å²) >= 11 is 0. The summed E-state index contributed by atoms with van der Waals surface area (Å²) in [5, 5.41) is 0. The van der Waals surface area contributed by atoms with Gasteiger partial charge in [0, 0.05) is 6.61 Å². The summed E-state index contributed by atoms with van der Waals surface area (Å²) in [6.45, 7) is 8.46. The van der Waals surface area contributed by atoms with Gasteiger partial charge in [0.2, 0.25) is 0 Å². The van der Waals surface area contributed by atoms with Crippen molar-refractivity contribution in [3.63, 3.8) is 0 Å². The van der Waals surface area contributed by atoms with Crippen molar-refractivity contribution in [3.05, 3.63) is 0 Å². The third-order valence-corrected chi connectivity index (χ3v) is 5.00. The summed E-state index contributed by atoms with van der Waals surface area (Å²) in [5.41, 5.74) is 0. The van der Waals surface area contributed by atoms with Crippen molar-refractivity contribution in [3.8, 4) is 0 Å². The minimum Gasteiger partial charge on any atom is -0.455 e. The molecule has 0 N–H and O–H groups in total. The second-order valence-electron chi connectivity index (χ2n) is 7.08. The molecule has 0 amide bonds. The normalized spacial score (nSPS) is 25.9. The first-order chi connectivity index (χ1) is 11.2. The fourth-order valence-corrected chi connectivity index (χ4v) is 3.70. The molecule has 142 valence electrons. The van der Waals surface area contributed by atoms with Crippen LogP contribution in [0.3, 0.4) is 0 Å². The second-order valence-corrected chi connectivity index (χ2v) is 7.08. The Balaban J connectivity index is 2.73. The number of hydrogen-bond donors (Lipinski definition) is 0. The summed E-state index contributed by atoms with van der Waals surface area (Å²) in [6.07, 6.45) is -0.721. The molecule has 3 nitrogen and oxygen atoms in total. The Morgan fingerprint density at radius 2 is 1.83 bits per heavy atom. The Bertz CT molecular complexity index is 382. The fourth-order valence-electron chi connectivity index (χ4n) is 3.70. The average Bonchev–Trinajstić information content (AvgIpc) is 2.92. The van der Waals surface area contributed by atoms with Crippen molar-refractivity contribution in [1.29, 1.82) is 0 Å². The predicted octanol–water partition coefficient (Wildman–Crippen LogP) is 5.13. The van der Waals surface area contributed by atoms with Crippen molar-refractivity contribution in [2.75, 3.05) is 6.61 Å². The van der Waals surface area contributed by atoms with Gasteiger partial charge in [0.15, 0.2) is 0 Å². The summed E-state index contributed by atoms with van der Waals surface area (Å²) in [5.74, 6) is -1.21. The van der Waals surface area contributed by atoms with Crippen LogP contribution < -0.4 is 0 Å². The van der Waals surface area contributed by atoms with Crippen LogP contribution in [0.5, 0.6) is 0 Å². The predicted molar refractivity (Wildman–Crippen MR) is 86.5 cm³/mol. The first kappa shape index (κ1) is 21.3. The molecule has 24 heavy (non-hydrogen) atoms. The van der Waals surface area contributed by atoms with Gasteiger partial charge in [0.25, 0.3) is 0 Å². The van der Waals surface area contributed by atoms with Crippen LogP contribution in [0.4, 0.5) is 13.2 Å².